The average Bonchev–Trinajstić information content (AvgIpc) is 2.37. The normalized spacial score (nSPS) is 10.8. The molecule has 0 aliphatic carbocycles. The van der Waals surface area contributed by atoms with Crippen molar-refractivity contribution in [2.24, 2.45) is 0 Å². The van der Waals surface area contributed by atoms with E-state index in [4.69, 9.17) is 5.11 Å². The summed E-state index contributed by atoms with van der Waals surface area (Å²) in [7, 11) is 2.11. The highest BCUT2D eigenvalue weighted by molar-refractivity contribution is 5.44. The van der Waals surface area contributed by atoms with Gasteiger partial charge in [0.25, 0.3) is 0 Å². The molecule has 0 bridgehead atoms. The minimum atomic E-state index is 0.245. The Hall–Kier alpha value is -1.06. The molecular formula is C14H24N2O. The number of aliphatic hydroxyl groups is 1. The summed E-state index contributed by atoms with van der Waals surface area (Å²) in [5.74, 6) is 0. The first kappa shape index (κ1) is 14.0. The van der Waals surface area contributed by atoms with Gasteiger partial charge in [0.05, 0.1) is 6.61 Å². The van der Waals surface area contributed by atoms with E-state index in [-0.39, 0.29) is 6.61 Å². The summed E-state index contributed by atoms with van der Waals surface area (Å²) in [6.07, 6.45) is 1.13. The summed E-state index contributed by atoms with van der Waals surface area (Å²) < 4.78 is 0. The van der Waals surface area contributed by atoms with E-state index in [1.54, 1.807) is 0 Å². The molecule has 96 valence electrons. The van der Waals surface area contributed by atoms with E-state index >= 15 is 0 Å². The second kappa shape index (κ2) is 8.09. The predicted octanol–water partition coefficient (Wildman–Crippen LogP) is 1.83. The number of anilines is 1. The molecular weight excluding hydrogens is 212 g/mol. The van der Waals surface area contributed by atoms with E-state index < -0.39 is 0 Å². The van der Waals surface area contributed by atoms with Gasteiger partial charge in [-0.2, -0.15) is 0 Å². The first-order chi connectivity index (χ1) is 8.27. The number of para-hydroxylation sites is 1. The van der Waals surface area contributed by atoms with Crippen LogP contribution in [0.4, 0.5) is 5.69 Å². The molecule has 0 aromatic heterocycles. The van der Waals surface area contributed by atoms with E-state index in [1.807, 2.05) is 6.07 Å². The third kappa shape index (κ3) is 5.20. The first-order valence-corrected chi connectivity index (χ1v) is 6.37. The van der Waals surface area contributed by atoms with Crippen LogP contribution in [0, 0.1) is 0 Å². The zero-order chi connectivity index (χ0) is 12.5. The molecule has 1 aromatic rings. The number of hydrogen-bond acceptors (Lipinski definition) is 3. The molecule has 17 heavy (non-hydrogen) atoms. The highest BCUT2D eigenvalue weighted by Gasteiger charge is 2.05. The molecule has 3 nitrogen and oxygen atoms in total. The van der Waals surface area contributed by atoms with Gasteiger partial charge in [0.1, 0.15) is 0 Å². The van der Waals surface area contributed by atoms with Gasteiger partial charge >= 0.3 is 0 Å². The highest BCUT2D eigenvalue weighted by atomic mass is 16.3. The molecule has 3 heteroatoms. The summed E-state index contributed by atoms with van der Waals surface area (Å²) in [5, 5.41) is 8.99. The fraction of sp³-hybridized carbons (Fsp3) is 0.571. The van der Waals surface area contributed by atoms with Crippen molar-refractivity contribution >= 4 is 5.69 Å². The first-order valence-electron chi connectivity index (χ1n) is 6.37. The molecule has 1 N–H and O–H groups in total. The van der Waals surface area contributed by atoms with Gasteiger partial charge in [0.2, 0.25) is 0 Å². The summed E-state index contributed by atoms with van der Waals surface area (Å²) in [6.45, 7) is 6.24. The molecule has 0 aliphatic rings. The molecule has 0 spiro atoms. The molecule has 0 saturated carbocycles. The van der Waals surface area contributed by atoms with Crippen molar-refractivity contribution in [3.8, 4) is 0 Å². The van der Waals surface area contributed by atoms with Crippen molar-refractivity contribution in [3.63, 3.8) is 0 Å². The lowest BCUT2D eigenvalue weighted by Gasteiger charge is -2.25. The van der Waals surface area contributed by atoms with Crippen molar-refractivity contribution in [1.82, 2.24) is 4.90 Å². The van der Waals surface area contributed by atoms with Gasteiger partial charge in [0, 0.05) is 32.4 Å². The van der Waals surface area contributed by atoms with Crippen LogP contribution in [0.3, 0.4) is 0 Å². The second-order valence-corrected chi connectivity index (χ2v) is 4.32. The minimum Gasteiger partial charge on any atom is -0.395 e. The van der Waals surface area contributed by atoms with Crippen molar-refractivity contribution in [2.45, 2.75) is 13.3 Å². The minimum absolute atomic E-state index is 0.245. The number of rotatable bonds is 8. The summed E-state index contributed by atoms with van der Waals surface area (Å²) in [5.41, 5.74) is 1.24. The lowest BCUT2D eigenvalue weighted by molar-refractivity contribution is 0.199. The highest BCUT2D eigenvalue weighted by Crippen LogP contribution is 2.10. The van der Waals surface area contributed by atoms with Crippen LogP contribution in [0.15, 0.2) is 30.3 Å². The van der Waals surface area contributed by atoms with Gasteiger partial charge in [0.15, 0.2) is 0 Å². The quantitative estimate of drug-likeness (QED) is 0.746. The number of hydrogen-bond donors (Lipinski definition) is 1. The Kier molecular flexibility index (Phi) is 6.67. The van der Waals surface area contributed by atoms with Crippen LogP contribution < -0.4 is 4.90 Å². The van der Waals surface area contributed by atoms with E-state index in [0.717, 1.165) is 32.6 Å². The standard InChI is InChI=1S/C14H24N2O/c1-3-9-16(12-13-17)11-10-15(2)14-7-5-4-6-8-14/h4-8,17H,3,9-13H2,1-2H3. The van der Waals surface area contributed by atoms with Gasteiger partial charge in [-0.1, -0.05) is 25.1 Å². The third-order valence-corrected chi connectivity index (χ3v) is 2.90. The fourth-order valence-electron chi connectivity index (χ4n) is 1.90. The maximum absolute atomic E-state index is 8.99. The van der Waals surface area contributed by atoms with Crippen molar-refractivity contribution < 1.29 is 5.11 Å². The van der Waals surface area contributed by atoms with Gasteiger partial charge in [-0.15, -0.1) is 0 Å². The van der Waals surface area contributed by atoms with Crippen LogP contribution in [0.1, 0.15) is 13.3 Å². The maximum atomic E-state index is 8.99. The molecule has 0 aliphatic heterocycles. The van der Waals surface area contributed by atoms with Crippen LogP contribution in [-0.2, 0) is 0 Å². The molecule has 0 heterocycles. The van der Waals surface area contributed by atoms with E-state index in [9.17, 15) is 0 Å². The number of likely N-dealkylation sites (N-methyl/N-ethyl adjacent to an activating group) is 1. The van der Waals surface area contributed by atoms with E-state index in [2.05, 4.69) is 48.0 Å². The molecule has 0 saturated heterocycles. The lowest BCUT2D eigenvalue weighted by Crippen LogP contribution is -2.35. The van der Waals surface area contributed by atoms with Gasteiger partial charge in [-0.05, 0) is 25.1 Å². The zero-order valence-corrected chi connectivity index (χ0v) is 11.0. The Balaban J connectivity index is 2.38. The Bertz CT molecular complexity index is 284. The van der Waals surface area contributed by atoms with Gasteiger partial charge in [-0.3, -0.25) is 4.90 Å². The molecule has 0 unspecified atom stereocenters. The van der Waals surface area contributed by atoms with Crippen molar-refractivity contribution in [2.75, 3.05) is 44.7 Å². The molecule has 1 rings (SSSR count). The number of benzene rings is 1. The Labute approximate surface area is 105 Å². The van der Waals surface area contributed by atoms with E-state index in [0.29, 0.717) is 0 Å². The predicted molar refractivity (Wildman–Crippen MR) is 73.5 cm³/mol. The maximum Gasteiger partial charge on any atom is 0.0558 e. The lowest BCUT2D eigenvalue weighted by atomic mass is 10.3. The van der Waals surface area contributed by atoms with Crippen molar-refractivity contribution in [3.05, 3.63) is 30.3 Å². The summed E-state index contributed by atoms with van der Waals surface area (Å²) in [4.78, 5) is 4.56. The fourth-order valence-corrected chi connectivity index (χ4v) is 1.90. The monoisotopic (exact) mass is 236 g/mol. The Morgan fingerprint density at radius 2 is 1.71 bits per heavy atom. The Morgan fingerprint density at radius 3 is 2.29 bits per heavy atom. The zero-order valence-electron chi connectivity index (χ0n) is 11.0. The summed E-state index contributed by atoms with van der Waals surface area (Å²) >= 11 is 0. The van der Waals surface area contributed by atoms with Crippen LogP contribution in [-0.4, -0.2) is 49.8 Å². The molecule has 0 fully saturated rings. The number of aliphatic hydroxyl groups excluding tert-OH is 1. The van der Waals surface area contributed by atoms with Crippen LogP contribution in [0.5, 0.6) is 0 Å². The SMILES string of the molecule is CCCN(CCO)CCN(C)c1ccccc1. The molecule has 0 atom stereocenters. The van der Waals surface area contributed by atoms with Crippen LogP contribution >= 0.6 is 0 Å². The third-order valence-electron chi connectivity index (χ3n) is 2.90. The molecule has 0 radical (unpaired) electrons. The molecule has 1 aromatic carbocycles. The van der Waals surface area contributed by atoms with Crippen LogP contribution in [0.25, 0.3) is 0 Å². The Morgan fingerprint density at radius 1 is 1.00 bits per heavy atom. The van der Waals surface area contributed by atoms with E-state index in [1.165, 1.54) is 5.69 Å². The summed E-state index contributed by atoms with van der Waals surface area (Å²) in [6, 6.07) is 10.4. The average molecular weight is 236 g/mol. The van der Waals surface area contributed by atoms with Gasteiger partial charge < -0.3 is 10.0 Å². The topological polar surface area (TPSA) is 26.7 Å². The largest absolute Gasteiger partial charge is 0.395 e. The second-order valence-electron chi connectivity index (χ2n) is 4.32. The smallest absolute Gasteiger partial charge is 0.0558 e. The van der Waals surface area contributed by atoms with Gasteiger partial charge in [-0.25, -0.2) is 0 Å². The van der Waals surface area contributed by atoms with Crippen molar-refractivity contribution in [1.29, 1.82) is 0 Å². The van der Waals surface area contributed by atoms with Crippen LogP contribution in [0.2, 0.25) is 0 Å². The molecule has 0 amide bonds. The number of nitrogens with zero attached hydrogens (tertiary/aromatic N) is 2.